The fourth-order valence-corrected chi connectivity index (χ4v) is 13.4. The Morgan fingerprint density at radius 1 is 0.279 bits per heavy atom. The molecule has 4 aliphatic rings. The fraction of sp³-hybridized carbons (Fsp3) is 0.152. The van der Waals surface area contributed by atoms with Crippen LogP contribution in [0.25, 0.3) is 54.9 Å². The number of hydrogen-bond donors (Lipinski definition) is 0. The van der Waals surface area contributed by atoms with E-state index in [9.17, 15) is 0 Å². The highest BCUT2D eigenvalue weighted by atomic mass is 15.1. The Kier molecular flexibility index (Phi) is 8.96. The summed E-state index contributed by atoms with van der Waals surface area (Å²) in [5, 5.41) is 4.92. The lowest BCUT2D eigenvalue weighted by molar-refractivity contribution is 0.550. The van der Waals surface area contributed by atoms with E-state index in [1.54, 1.807) is 0 Å². The molecule has 2 saturated carbocycles. The van der Waals surface area contributed by atoms with Gasteiger partial charge in [0.2, 0.25) is 0 Å². The minimum Gasteiger partial charge on any atom is -0.310 e. The van der Waals surface area contributed by atoms with Crippen LogP contribution in [-0.4, -0.2) is 0 Å². The number of anilines is 6. The van der Waals surface area contributed by atoms with Gasteiger partial charge in [0.25, 0.3) is 0 Å². The first-order valence-electron chi connectivity index (χ1n) is 24.9. The van der Waals surface area contributed by atoms with Crippen molar-refractivity contribution in [3.63, 3.8) is 0 Å². The molecule has 0 N–H and O–H groups in total. The summed E-state index contributed by atoms with van der Waals surface area (Å²) in [6.45, 7) is 0. The molecule has 4 aliphatic carbocycles. The van der Waals surface area contributed by atoms with Crippen LogP contribution in [0.4, 0.5) is 34.1 Å². The zero-order valence-corrected chi connectivity index (χ0v) is 38.3. The standard InChI is InChI=1S/C66H52N2/c1-2-16-49-42-52(33-28-45(49)14-1)68(64-23-13-17-48-15-3-4-18-55(48)64)51-31-26-47(27-32-51)46-24-29-50(30-25-46)67(53-35-37-62-59(43-53)57-20-6-8-22-61(57)65(62)38-9-10-39-65)54-34-36-58-56-19-5-7-21-60(56)66(63(58)44-54)40-11-12-41-66/h1-8,13-37,42-44H,9-12,38-41H2. The van der Waals surface area contributed by atoms with Crippen LogP contribution in [0.3, 0.4) is 0 Å². The first-order valence-corrected chi connectivity index (χ1v) is 24.9. The maximum absolute atomic E-state index is 2.56. The summed E-state index contributed by atoms with van der Waals surface area (Å²) in [6.07, 6.45) is 10.1. The van der Waals surface area contributed by atoms with Crippen LogP contribution in [-0.2, 0) is 10.8 Å². The first kappa shape index (κ1) is 39.5. The second kappa shape index (κ2) is 15.4. The maximum Gasteiger partial charge on any atom is 0.0540 e. The van der Waals surface area contributed by atoms with Gasteiger partial charge in [-0.15, -0.1) is 0 Å². The summed E-state index contributed by atoms with van der Waals surface area (Å²) in [4.78, 5) is 4.95. The van der Waals surface area contributed by atoms with Crippen LogP contribution in [0.5, 0.6) is 0 Å². The summed E-state index contributed by atoms with van der Waals surface area (Å²) in [6, 6.07) is 82.5. The van der Waals surface area contributed by atoms with Crippen molar-refractivity contribution in [1.29, 1.82) is 0 Å². The molecule has 2 fully saturated rings. The van der Waals surface area contributed by atoms with Gasteiger partial charge in [0.15, 0.2) is 0 Å². The highest BCUT2D eigenvalue weighted by Gasteiger charge is 2.46. The maximum atomic E-state index is 2.56. The Morgan fingerprint density at radius 3 is 1.46 bits per heavy atom. The molecule has 68 heavy (non-hydrogen) atoms. The van der Waals surface area contributed by atoms with E-state index in [0.29, 0.717) is 0 Å². The molecule has 0 unspecified atom stereocenters. The largest absolute Gasteiger partial charge is 0.310 e. The van der Waals surface area contributed by atoms with E-state index in [-0.39, 0.29) is 10.8 Å². The summed E-state index contributed by atoms with van der Waals surface area (Å²) in [5.74, 6) is 0. The van der Waals surface area contributed by atoms with Gasteiger partial charge in [-0.25, -0.2) is 0 Å². The van der Waals surface area contributed by atoms with Gasteiger partial charge in [-0.05, 0) is 164 Å². The van der Waals surface area contributed by atoms with Crippen molar-refractivity contribution < 1.29 is 0 Å². The topological polar surface area (TPSA) is 6.48 Å². The SMILES string of the molecule is c1ccc2c(c1)-c1cc(N(c3ccc(-c4ccc(N(c5ccc6ccccc6c5)c5cccc6ccccc56)cc4)cc3)c3ccc4c(c3)C3(CCCC3)c3ccccc3-4)ccc1C21CCCC1. The van der Waals surface area contributed by atoms with Gasteiger partial charge in [-0.2, -0.15) is 0 Å². The average molecular weight is 873 g/mol. The Bertz CT molecular complexity index is 3580. The van der Waals surface area contributed by atoms with Crippen LogP contribution >= 0.6 is 0 Å². The molecule has 2 nitrogen and oxygen atoms in total. The Morgan fingerprint density at radius 2 is 0.750 bits per heavy atom. The Labute approximate surface area is 399 Å². The Hall–Kier alpha value is -7.68. The predicted octanol–water partition coefficient (Wildman–Crippen LogP) is 18.3. The quantitative estimate of drug-likeness (QED) is 0.157. The second-order valence-electron chi connectivity index (χ2n) is 19.9. The van der Waals surface area contributed by atoms with Gasteiger partial charge in [0, 0.05) is 44.7 Å². The molecule has 14 rings (SSSR count). The normalized spacial score (nSPS) is 15.7. The van der Waals surface area contributed by atoms with Crippen molar-refractivity contribution in [2.45, 2.75) is 62.2 Å². The third-order valence-electron chi connectivity index (χ3n) is 16.5. The van der Waals surface area contributed by atoms with Gasteiger partial charge < -0.3 is 9.80 Å². The molecule has 10 aromatic rings. The number of nitrogens with zero attached hydrogens (tertiary/aromatic N) is 2. The molecule has 0 aliphatic heterocycles. The molecule has 2 heteroatoms. The van der Waals surface area contributed by atoms with Crippen LogP contribution < -0.4 is 9.80 Å². The zero-order chi connectivity index (χ0) is 44.8. The average Bonchev–Trinajstić information content (AvgIpc) is 4.21. The molecular weight excluding hydrogens is 821 g/mol. The van der Waals surface area contributed by atoms with E-state index >= 15 is 0 Å². The van der Waals surface area contributed by atoms with E-state index in [2.05, 4.69) is 228 Å². The van der Waals surface area contributed by atoms with Crippen molar-refractivity contribution >= 4 is 55.7 Å². The van der Waals surface area contributed by atoms with E-state index in [0.717, 1.165) is 11.4 Å². The first-order chi connectivity index (χ1) is 33.6. The molecule has 0 saturated heterocycles. The molecule has 2 spiro atoms. The van der Waals surface area contributed by atoms with E-state index in [1.165, 1.54) is 151 Å². The van der Waals surface area contributed by atoms with Crippen molar-refractivity contribution in [1.82, 2.24) is 0 Å². The van der Waals surface area contributed by atoms with Gasteiger partial charge in [-0.1, -0.05) is 177 Å². The molecule has 0 amide bonds. The Balaban J connectivity index is 0.867. The second-order valence-corrected chi connectivity index (χ2v) is 19.9. The number of fused-ring (bicyclic) bond motifs is 12. The number of rotatable bonds is 7. The molecule has 0 atom stereocenters. The molecule has 0 heterocycles. The molecule has 0 radical (unpaired) electrons. The lowest BCUT2D eigenvalue weighted by atomic mass is 9.76. The van der Waals surface area contributed by atoms with Gasteiger partial charge in [-0.3, -0.25) is 0 Å². The van der Waals surface area contributed by atoms with Gasteiger partial charge in [0.05, 0.1) is 5.69 Å². The third-order valence-corrected chi connectivity index (χ3v) is 16.5. The van der Waals surface area contributed by atoms with Crippen molar-refractivity contribution in [2.75, 3.05) is 9.80 Å². The van der Waals surface area contributed by atoms with Crippen molar-refractivity contribution in [2.24, 2.45) is 0 Å². The summed E-state index contributed by atoms with van der Waals surface area (Å²) in [5.41, 5.74) is 21.4. The molecular formula is C66H52N2. The highest BCUT2D eigenvalue weighted by Crippen LogP contribution is 2.60. The molecule has 10 aromatic carbocycles. The van der Waals surface area contributed by atoms with Crippen LogP contribution in [0.15, 0.2) is 218 Å². The highest BCUT2D eigenvalue weighted by molar-refractivity contribution is 6.00. The monoisotopic (exact) mass is 872 g/mol. The lowest BCUT2D eigenvalue weighted by Crippen LogP contribution is -2.21. The fourth-order valence-electron chi connectivity index (χ4n) is 13.4. The van der Waals surface area contributed by atoms with E-state index in [1.807, 2.05) is 0 Å². The van der Waals surface area contributed by atoms with E-state index < -0.39 is 0 Å². The number of benzene rings is 10. The molecule has 0 aromatic heterocycles. The lowest BCUT2D eigenvalue weighted by Gasteiger charge is -2.31. The molecule has 0 bridgehead atoms. The van der Waals surface area contributed by atoms with Crippen LogP contribution in [0, 0.1) is 0 Å². The van der Waals surface area contributed by atoms with E-state index in [4.69, 9.17) is 0 Å². The summed E-state index contributed by atoms with van der Waals surface area (Å²) < 4.78 is 0. The van der Waals surface area contributed by atoms with Crippen molar-refractivity contribution in [3.8, 4) is 33.4 Å². The van der Waals surface area contributed by atoms with Crippen molar-refractivity contribution in [3.05, 3.63) is 241 Å². The molecule has 326 valence electrons. The number of hydrogen-bond acceptors (Lipinski definition) is 2. The van der Waals surface area contributed by atoms with Crippen LogP contribution in [0.2, 0.25) is 0 Å². The minimum absolute atomic E-state index is 0.0901. The zero-order valence-electron chi connectivity index (χ0n) is 38.3. The summed E-state index contributed by atoms with van der Waals surface area (Å²) >= 11 is 0. The predicted molar refractivity (Wildman–Crippen MR) is 286 cm³/mol. The van der Waals surface area contributed by atoms with Gasteiger partial charge in [0.1, 0.15) is 0 Å². The summed E-state index contributed by atoms with van der Waals surface area (Å²) in [7, 11) is 0. The third kappa shape index (κ3) is 5.96. The van der Waals surface area contributed by atoms with Crippen LogP contribution in [0.1, 0.15) is 73.6 Å². The van der Waals surface area contributed by atoms with Gasteiger partial charge >= 0.3 is 0 Å². The minimum atomic E-state index is 0.0901. The smallest absolute Gasteiger partial charge is 0.0540 e.